The second-order valence-electron chi connectivity index (χ2n) is 6.13. The second kappa shape index (κ2) is 8.28. The molecular formula is C20H16Br2FN3O2. The van der Waals surface area contributed by atoms with Crippen molar-refractivity contribution in [3.63, 3.8) is 0 Å². The summed E-state index contributed by atoms with van der Waals surface area (Å²) in [6, 6.07) is 11.2. The number of carbonyl (C=O) groups excluding carboxylic acids is 1. The van der Waals surface area contributed by atoms with Gasteiger partial charge in [0.1, 0.15) is 11.6 Å². The molecule has 28 heavy (non-hydrogen) atoms. The van der Waals surface area contributed by atoms with E-state index in [1.165, 1.54) is 24.3 Å². The number of halogens is 3. The SMILES string of the molecule is Cc1cc(/C=N\NC(=O)c2cc(Br)c(O)c(Br)c2)c(C)n1-c1ccc(F)cc1. The predicted molar refractivity (Wildman–Crippen MR) is 114 cm³/mol. The van der Waals surface area contributed by atoms with Crippen LogP contribution < -0.4 is 5.43 Å². The molecular weight excluding hydrogens is 493 g/mol. The van der Waals surface area contributed by atoms with E-state index in [0.717, 1.165) is 22.6 Å². The third-order valence-corrected chi connectivity index (χ3v) is 5.41. The van der Waals surface area contributed by atoms with E-state index in [-0.39, 0.29) is 11.6 Å². The Labute approximate surface area is 178 Å². The zero-order chi connectivity index (χ0) is 20.4. The molecule has 0 aliphatic heterocycles. The van der Waals surface area contributed by atoms with E-state index in [1.807, 2.05) is 24.5 Å². The number of nitrogens with zero attached hydrogens (tertiary/aromatic N) is 2. The highest BCUT2D eigenvalue weighted by molar-refractivity contribution is 9.11. The summed E-state index contributed by atoms with van der Waals surface area (Å²) in [5.74, 6) is -0.679. The lowest BCUT2D eigenvalue weighted by molar-refractivity contribution is 0.0955. The molecule has 3 aromatic rings. The average molecular weight is 509 g/mol. The van der Waals surface area contributed by atoms with Crippen LogP contribution in [-0.4, -0.2) is 21.8 Å². The standard InChI is InChI=1S/C20H16Br2FN3O2/c1-11-7-14(12(2)26(11)16-5-3-15(23)4-6-16)10-24-25-20(28)13-8-17(21)19(27)18(22)9-13/h3-10,27H,1-2H3,(H,25,28)/b24-10-. The molecule has 0 saturated heterocycles. The van der Waals surface area contributed by atoms with Gasteiger partial charge in [-0.25, -0.2) is 9.82 Å². The average Bonchev–Trinajstić information content (AvgIpc) is 2.93. The van der Waals surface area contributed by atoms with Crippen LogP contribution in [0.1, 0.15) is 27.3 Å². The van der Waals surface area contributed by atoms with Crippen LogP contribution in [0.4, 0.5) is 4.39 Å². The fourth-order valence-electron chi connectivity index (χ4n) is 2.83. The third-order valence-electron chi connectivity index (χ3n) is 4.20. The number of amides is 1. The van der Waals surface area contributed by atoms with Crippen molar-refractivity contribution in [2.45, 2.75) is 13.8 Å². The smallest absolute Gasteiger partial charge is 0.271 e. The van der Waals surface area contributed by atoms with Gasteiger partial charge in [-0.15, -0.1) is 0 Å². The topological polar surface area (TPSA) is 66.6 Å². The van der Waals surface area contributed by atoms with Crippen LogP contribution >= 0.6 is 31.9 Å². The van der Waals surface area contributed by atoms with Crippen LogP contribution in [0.25, 0.3) is 5.69 Å². The van der Waals surface area contributed by atoms with E-state index in [2.05, 4.69) is 42.4 Å². The molecule has 0 aliphatic carbocycles. The fraction of sp³-hybridized carbons (Fsp3) is 0.100. The van der Waals surface area contributed by atoms with E-state index < -0.39 is 5.91 Å². The molecule has 144 valence electrons. The molecule has 0 spiro atoms. The Bertz CT molecular complexity index is 1050. The van der Waals surface area contributed by atoms with Gasteiger partial charge >= 0.3 is 0 Å². The quantitative estimate of drug-likeness (QED) is 0.374. The Morgan fingerprint density at radius 2 is 1.75 bits per heavy atom. The number of carbonyl (C=O) groups is 1. The monoisotopic (exact) mass is 507 g/mol. The van der Waals surface area contributed by atoms with E-state index in [0.29, 0.717) is 14.5 Å². The highest BCUT2D eigenvalue weighted by Crippen LogP contribution is 2.33. The lowest BCUT2D eigenvalue weighted by Crippen LogP contribution is -2.17. The summed E-state index contributed by atoms with van der Waals surface area (Å²) in [6.45, 7) is 3.87. The van der Waals surface area contributed by atoms with E-state index >= 15 is 0 Å². The van der Waals surface area contributed by atoms with Crippen LogP contribution in [0, 0.1) is 19.7 Å². The molecule has 2 N–H and O–H groups in total. The normalized spacial score (nSPS) is 11.2. The van der Waals surface area contributed by atoms with Gasteiger partial charge in [-0.2, -0.15) is 5.10 Å². The Balaban J connectivity index is 1.79. The summed E-state index contributed by atoms with van der Waals surface area (Å²) in [5.41, 5.74) is 6.36. The van der Waals surface area contributed by atoms with Crippen molar-refractivity contribution >= 4 is 44.0 Å². The molecule has 0 fully saturated rings. The van der Waals surface area contributed by atoms with Gasteiger partial charge in [0, 0.05) is 28.2 Å². The molecule has 3 rings (SSSR count). The third kappa shape index (κ3) is 4.18. The lowest BCUT2D eigenvalue weighted by Gasteiger charge is -2.09. The zero-order valence-electron chi connectivity index (χ0n) is 15.0. The number of benzene rings is 2. The number of nitrogens with one attached hydrogen (secondary N) is 1. The Morgan fingerprint density at radius 1 is 1.14 bits per heavy atom. The van der Waals surface area contributed by atoms with Gasteiger partial charge in [-0.05, 0) is 88.2 Å². The largest absolute Gasteiger partial charge is 0.506 e. The molecule has 1 aromatic heterocycles. The number of hydrogen-bond acceptors (Lipinski definition) is 3. The van der Waals surface area contributed by atoms with Crippen LogP contribution in [-0.2, 0) is 0 Å². The minimum absolute atomic E-state index is 0.0216. The maximum absolute atomic E-state index is 13.2. The van der Waals surface area contributed by atoms with Crippen LogP contribution in [0.2, 0.25) is 0 Å². The number of hydrogen-bond donors (Lipinski definition) is 2. The number of phenols is 1. The zero-order valence-corrected chi connectivity index (χ0v) is 18.2. The van der Waals surface area contributed by atoms with Crippen molar-refractivity contribution in [2.75, 3.05) is 0 Å². The molecule has 0 bridgehead atoms. The fourth-order valence-corrected chi connectivity index (χ4v) is 4.01. The summed E-state index contributed by atoms with van der Waals surface area (Å²) in [5, 5.41) is 13.8. The van der Waals surface area contributed by atoms with Crippen molar-refractivity contribution in [2.24, 2.45) is 5.10 Å². The van der Waals surface area contributed by atoms with Crippen LogP contribution in [0.5, 0.6) is 5.75 Å². The summed E-state index contributed by atoms with van der Waals surface area (Å²) >= 11 is 6.38. The maximum atomic E-state index is 13.2. The molecule has 0 atom stereocenters. The first-order chi connectivity index (χ1) is 13.3. The molecule has 0 saturated carbocycles. The molecule has 1 heterocycles. The van der Waals surface area contributed by atoms with Crippen LogP contribution in [0.15, 0.2) is 56.5 Å². The first-order valence-electron chi connectivity index (χ1n) is 8.24. The number of rotatable bonds is 4. The van der Waals surface area contributed by atoms with Gasteiger partial charge < -0.3 is 9.67 Å². The molecule has 0 radical (unpaired) electrons. The van der Waals surface area contributed by atoms with E-state index in [4.69, 9.17) is 0 Å². The molecule has 8 heteroatoms. The highest BCUT2D eigenvalue weighted by Gasteiger charge is 2.12. The van der Waals surface area contributed by atoms with Crippen molar-refractivity contribution in [1.82, 2.24) is 9.99 Å². The Morgan fingerprint density at radius 3 is 2.36 bits per heavy atom. The van der Waals surface area contributed by atoms with Gasteiger partial charge in [0.15, 0.2) is 0 Å². The summed E-state index contributed by atoms with van der Waals surface area (Å²) in [4.78, 5) is 12.3. The second-order valence-corrected chi connectivity index (χ2v) is 7.83. The van der Waals surface area contributed by atoms with Crippen molar-refractivity contribution in [1.29, 1.82) is 0 Å². The van der Waals surface area contributed by atoms with Gasteiger partial charge in [-0.3, -0.25) is 4.79 Å². The van der Waals surface area contributed by atoms with Gasteiger partial charge in [0.2, 0.25) is 0 Å². The van der Waals surface area contributed by atoms with Crippen LogP contribution in [0.3, 0.4) is 0 Å². The minimum atomic E-state index is -0.412. The number of hydrazone groups is 1. The summed E-state index contributed by atoms with van der Waals surface area (Å²) in [6.07, 6.45) is 1.56. The molecule has 2 aromatic carbocycles. The van der Waals surface area contributed by atoms with Crippen molar-refractivity contribution in [3.05, 3.63) is 79.7 Å². The summed E-state index contributed by atoms with van der Waals surface area (Å²) in [7, 11) is 0. The van der Waals surface area contributed by atoms with E-state index in [9.17, 15) is 14.3 Å². The van der Waals surface area contributed by atoms with Gasteiger partial charge in [-0.1, -0.05) is 0 Å². The maximum Gasteiger partial charge on any atom is 0.271 e. The minimum Gasteiger partial charge on any atom is -0.506 e. The number of phenolic OH excluding ortho intramolecular Hbond substituents is 1. The van der Waals surface area contributed by atoms with Gasteiger partial charge in [0.05, 0.1) is 15.2 Å². The first-order valence-corrected chi connectivity index (χ1v) is 9.83. The Hall–Kier alpha value is -2.45. The van der Waals surface area contributed by atoms with Crippen molar-refractivity contribution in [3.8, 4) is 11.4 Å². The Kier molecular flexibility index (Phi) is 6.00. The molecule has 1 amide bonds. The molecule has 0 unspecified atom stereocenters. The number of aromatic nitrogens is 1. The summed E-state index contributed by atoms with van der Waals surface area (Å²) < 4.78 is 16.0. The van der Waals surface area contributed by atoms with Crippen molar-refractivity contribution < 1.29 is 14.3 Å². The molecule has 5 nitrogen and oxygen atoms in total. The highest BCUT2D eigenvalue weighted by atomic mass is 79.9. The lowest BCUT2D eigenvalue weighted by atomic mass is 10.2. The number of aryl methyl sites for hydroxylation is 1. The van der Waals surface area contributed by atoms with Gasteiger partial charge in [0.25, 0.3) is 5.91 Å². The first kappa shape index (κ1) is 20.3. The number of aromatic hydroxyl groups is 1. The molecule has 0 aliphatic rings. The van der Waals surface area contributed by atoms with E-state index in [1.54, 1.807) is 18.3 Å². The predicted octanol–water partition coefficient (Wildman–Crippen LogP) is 5.23.